The van der Waals surface area contributed by atoms with E-state index >= 15 is 0 Å². The van der Waals surface area contributed by atoms with Gasteiger partial charge >= 0.3 is 0 Å². The van der Waals surface area contributed by atoms with Crippen LogP contribution in [0.2, 0.25) is 0 Å². The van der Waals surface area contributed by atoms with E-state index in [2.05, 4.69) is 21.0 Å². The molecular weight excluding hydrogens is 256 g/mol. The molecule has 1 aromatic heterocycles. The first-order valence-corrected chi connectivity index (χ1v) is 5.49. The summed E-state index contributed by atoms with van der Waals surface area (Å²) in [6.07, 6.45) is 2.00. The second-order valence-corrected chi connectivity index (χ2v) is 4.44. The van der Waals surface area contributed by atoms with Gasteiger partial charge in [0, 0.05) is 24.4 Å². The zero-order valence-corrected chi connectivity index (χ0v) is 9.78. The number of ether oxygens (including phenoxy) is 1. The Morgan fingerprint density at radius 1 is 1.47 bits per heavy atom. The number of aromatic nitrogens is 2. The second kappa shape index (κ2) is 3.10. The minimum atomic E-state index is 0.596. The molecule has 0 N–H and O–H groups in total. The van der Waals surface area contributed by atoms with Crippen LogP contribution in [0.15, 0.2) is 28.9 Å². The molecule has 1 aliphatic heterocycles. The molecule has 0 amide bonds. The number of aryl methyl sites for hydroxylation is 1. The summed E-state index contributed by atoms with van der Waals surface area (Å²) in [6, 6.07) is 6.01. The Kier molecular flexibility index (Phi) is 1.85. The van der Waals surface area contributed by atoms with Gasteiger partial charge in [-0.05, 0) is 28.1 Å². The highest BCUT2D eigenvalue weighted by atomic mass is 79.9. The zero-order chi connectivity index (χ0) is 10.4. The van der Waals surface area contributed by atoms with Crippen LogP contribution in [0.5, 0.6) is 5.75 Å². The standard InChI is InChI=1S/C11H9BrN2O/c1-14-5-7-6-15-11-8(10(7)13-14)3-2-4-9(11)12/h2-5H,6H2,1H3. The van der Waals surface area contributed by atoms with Gasteiger partial charge in [-0.3, -0.25) is 4.68 Å². The topological polar surface area (TPSA) is 27.1 Å². The van der Waals surface area contributed by atoms with E-state index in [-0.39, 0.29) is 0 Å². The molecule has 0 saturated carbocycles. The highest BCUT2D eigenvalue weighted by molar-refractivity contribution is 9.10. The van der Waals surface area contributed by atoms with E-state index in [1.54, 1.807) is 0 Å². The van der Waals surface area contributed by atoms with Gasteiger partial charge in [0.1, 0.15) is 18.1 Å². The Hall–Kier alpha value is -1.29. The monoisotopic (exact) mass is 264 g/mol. The van der Waals surface area contributed by atoms with Gasteiger partial charge < -0.3 is 4.74 Å². The van der Waals surface area contributed by atoms with Gasteiger partial charge in [0.2, 0.25) is 0 Å². The van der Waals surface area contributed by atoms with E-state index in [0.29, 0.717) is 6.61 Å². The number of halogens is 1. The Morgan fingerprint density at radius 2 is 2.33 bits per heavy atom. The van der Waals surface area contributed by atoms with Crippen molar-refractivity contribution < 1.29 is 4.74 Å². The van der Waals surface area contributed by atoms with E-state index in [9.17, 15) is 0 Å². The fourth-order valence-electron chi connectivity index (χ4n) is 1.86. The van der Waals surface area contributed by atoms with Crippen LogP contribution >= 0.6 is 15.9 Å². The molecule has 1 aromatic carbocycles. The lowest BCUT2D eigenvalue weighted by Gasteiger charge is -2.17. The highest BCUT2D eigenvalue weighted by Crippen LogP contribution is 2.40. The molecule has 0 spiro atoms. The zero-order valence-electron chi connectivity index (χ0n) is 8.20. The molecule has 0 aliphatic carbocycles. The first-order chi connectivity index (χ1) is 7.25. The van der Waals surface area contributed by atoms with Crippen LogP contribution in [0.4, 0.5) is 0 Å². The average Bonchev–Trinajstić information content (AvgIpc) is 2.59. The quantitative estimate of drug-likeness (QED) is 0.732. The maximum absolute atomic E-state index is 5.69. The van der Waals surface area contributed by atoms with Crippen molar-refractivity contribution in [1.82, 2.24) is 9.78 Å². The minimum absolute atomic E-state index is 0.596. The molecule has 0 radical (unpaired) electrons. The lowest BCUT2D eigenvalue weighted by Crippen LogP contribution is -2.04. The van der Waals surface area contributed by atoms with Gasteiger partial charge in [-0.25, -0.2) is 0 Å². The Balaban J connectivity index is 2.29. The van der Waals surface area contributed by atoms with E-state index in [1.165, 1.54) is 0 Å². The molecule has 76 valence electrons. The largest absolute Gasteiger partial charge is 0.487 e. The third kappa shape index (κ3) is 1.28. The van der Waals surface area contributed by atoms with E-state index in [4.69, 9.17) is 4.74 Å². The van der Waals surface area contributed by atoms with Crippen molar-refractivity contribution in [2.45, 2.75) is 6.61 Å². The van der Waals surface area contributed by atoms with E-state index in [0.717, 1.165) is 27.0 Å². The predicted octanol–water partition coefficient (Wildman–Crippen LogP) is 2.74. The molecule has 0 atom stereocenters. The molecule has 0 fully saturated rings. The normalized spacial score (nSPS) is 12.9. The van der Waals surface area contributed by atoms with Crippen molar-refractivity contribution in [3.63, 3.8) is 0 Å². The lowest BCUT2D eigenvalue weighted by atomic mass is 10.1. The molecule has 3 nitrogen and oxygen atoms in total. The van der Waals surface area contributed by atoms with Gasteiger partial charge in [0.05, 0.1) is 4.47 Å². The smallest absolute Gasteiger partial charge is 0.143 e. The fraction of sp³-hybridized carbons (Fsp3) is 0.182. The number of para-hydroxylation sites is 1. The lowest BCUT2D eigenvalue weighted by molar-refractivity contribution is 0.300. The first kappa shape index (κ1) is 8.97. The number of hydrogen-bond acceptors (Lipinski definition) is 2. The number of nitrogens with zero attached hydrogens (tertiary/aromatic N) is 2. The Morgan fingerprint density at radius 3 is 3.20 bits per heavy atom. The van der Waals surface area contributed by atoms with Crippen molar-refractivity contribution in [3.8, 4) is 17.0 Å². The Labute approximate surface area is 95.8 Å². The molecule has 3 rings (SSSR count). The molecule has 0 saturated heterocycles. The van der Waals surface area contributed by atoms with Gasteiger partial charge in [0.25, 0.3) is 0 Å². The van der Waals surface area contributed by atoms with Crippen LogP contribution in [-0.2, 0) is 13.7 Å². The third-order valence-corrected chi connectivity index (χ3v) is 3.12. The molecular formula is C11H9BrN2O. The average molecular weight is 265 g/mol. The molecule has 4 heteroatoms. The summed E-state index contributed by atoms with van der Waals surface area (Å²) < 4.78 is 8.50. The van der Waals surface area contributed by atoms with Crippen LogP contribution < -0.4 is 4.74 Å². The predicted molar refractivity (Wildman–Crippen MR) is 60.7 cm³/mol. The van der Waals surface area contributed by atoms with Crippen LogP contribution in [-0.4, -0.2) is 9.78 Å². The van der Waals surface area contributed by atoms with Crippen molar-refractivity contribution >= 4 is 15.9 Å². The number of fused-ring (bicyclic) bond motifs is 3. The summed E-state index contributed by atoms with van der Waals surface area (Å²) in [5, 5.41) is 4.45. The van der Waals surface area contributed by atoms with Gasteiger partial charge in [-0.15, -0.1) is 0 Å². The SMILES string of the molecule is Cn1cc2c(n1)-c1cccc(Br)c1OC2. The maximum atomic E-state index is 5.69. The van der Waals surface area contributed by atoms with Crippen LogP contribution in [0.1, 0.15) is 5.56 Å². The Bertz CT molecular complexity index is 533. The van der Waals surface area contributed by atoms with E-state index in [1.807, 2.05) is 36.1 Å². The molecule has 2 heterocycles. The van der Waals surface area contributed by atoms with Crippen LogP contribution in [0, 0.1) is 0 Å². The number of rotatable bonds is 0. The number of benzene rings is 1. The van der Waals surface area contributed by atoms with Crippen LogP contribution in [0.3, 0.4) is 0 Å². The second-order valence-electron chi connectivity index (χ2n) is 3.58. The molecule has 1 aliphatic rings. The summed E-state index contributed by atoms with van der Waals surface area (Å²) >= 11 is 3.48. The molecule has 0 unspecified atom stereocenters. The summed E-state index contributed by atoms with van der Waals surface area (Å²) in [7, 11) is 1.93. The summed E-state index contributed by atoms with van der Waals surface area (Å²) in [4.78, 5) is 0. The van der Waals surface area contributed by atoms with Crippen molar-refractivity contribution in [2.24, 2.45) is 7.05 Å². The van der Waals surface area contributed by atoms with Gasteiger partial charge in [0.15, 0.2) is 0 Å². The molecule has 2 aromatic rings. The summed E-state index contributed by atoms with van der Waals surface area (Å²) in [6.45, 7) is 0.596. The van der Waals surface area contributed by atoms with Crippen molar-refractivity contribution in [2.75, 3.05) is 0 Å². The van der Waals surface area contributed by atoms with Gasteiger partial charge in [-0.2, -0.15) is 5.10 Å². The van der Waals surface area contributed by atoms with Crippen LogP contribution in [0.25, 0.3) is 11.3 Å². The van der Waals surface area contributed by atoms with Gasteiger partial charge in [-0.1, -0.05) is 6.07 Å². The highest BCUT2D eigenvalue weighted by Gasteiger charge is 2.21. The minimum Gasteiger partial charge on any atom is -0.487 e. The maximum Gasteiger partial charge on any atom is 0.143 e. The molecule has 0 bridgehead atoms. The summed E-state index contributed by atoms with van der Waals surface area (Å²) in [5.41, 5.74) is 3.23. The first-order valence-electron chi connectivity index (χ1n) is 4.70. The molecule has 15 heavy (non-hydrogen) atoms. The summed E-state index contributed by atoms with van der Waals surface area (Å²) in [5.74, 6) is 0.892. The fourth-order valence-corrected chi connectivity index (χ4v) is 2.34. The third-order valence-electron chi connectivity index (χ3n) is 2.50. The number of hydrogen-bond donors (Lipinski definition) is 0. The van der Waals surface area contributed by atoms with Crippen molar-refractivity contribution in [3.05, 3.63) is 34.4 Å². The van der Waals surface area contributed by atoms with Crippen molar-refractivity contribution in [1.29, 1.82) is 0 Å². The van der Waals surface area contributed by atoms with E-state index < -0.39 is 0 Å².